The molecule has 1 heterocycles. The maximum atomic E-state index is 12.0. The molecular formula is C16H18BrNOS. The predicted octanol–water partition coefficient (Wildman–Crippen LogP) is 4.74. The summed E-state index contributed by atoms with van der Waals surface area (Å²) in [4.78, 5) is 12.8. The van der Waals surface area contributed by atoms with Gasteiger partial charge in [-0.3, -0.25) is 4.79 Å². The Morgan fingerprint density at radius 1 is 1.35 bits per heavy atom. The van der Waals surface area contributed by atoms with E-state index >= 15 is 0 Å². The van der Waals surface area contributed by atoms with Crippen LogP contribution >= 0.6 is 27.3 Å². The Morgan fingerprint density at radius 2 is 2.05 bits per heavy atom. The van der Waals surface area contributed by atoms with Gasteiger partial charge in [0.15, 0.2) is 0 Å². The number of rotatable bonds is 5. The summed E-state index contributed by atoms with van der Waals surface area (Å²) in [6.45, 7) is 4.88. The molecule has 0 aliphatic rings. The summed E-state index contributed by atoms with van der Waals surface area (Å²) in [6, 6.07) is 12.3. The minimum absolute atomic E-state index is 0.0176. The lowest BCUT2D eigenvalue weighted by atomic mass is 9.98. The molecule has 0 aliphatic heterocycles. The molecule has 1 aromatic carbocycles. The first kappa shape index (κ1) is 15.3. The number of aryl methyl sites for hydroxylation is 1. The summed E-state index contributed by atoms with van der Waals surface area (Å²) in [5.41, 5.74) is 2.43. The highest BCUT2D eigenvalue weighted by Gasteiger charge is 2.11. The van der Waals surface area contributed by atoms with Crippen molar-refractivity contribution in [1.29, 1.82) is 0 Å². The lowest BCUT2D eigenvalue weighted by Crippen LogP contribution is -2.24. The molecule has 106 valence electrons. The molecule has 0 fully saturated rings. The lowest BCUT2D eigenvalue weighted by Gasteiger charge is -2.12. The van der Waals surface area contributed by atoms with Gasteiger partial charge in [-0.25, -0.2) is 0 Å². The van der Waals surface area contributed by atoms with Crippen LogP contribution in [-0.2, 0) is 0 Å². The maximum Gasteiger partial charge on any atom is 0.261 e. The monoisotopic (exact) mass is 351 g/mol. The summed E-state index contributed by atoms with van der Waals surface area (Å²) in [5, 5.41) is 2.99. The molecule has 1 aromatic heterocycles. The van der Waals surface area contributed by atoms with Gasteiger partial charge in [0.05, 0.1) is 8.66 Å². The van der Waals surface area contributed by atoms with Gasteiger partial charge in [-0.1, -0.05) is 37.3 Å². The minimum atomic E-state index is 0.0176. The van der Waals surface area contributed by atoms with Crippen LogP contribution in [0.5, 0.6) is 0 Å². The van der Waals surface area contributed by atoms with Gasteiger partial charge in [-0.15, -0.1) is 11.3 Å². The number of nitrogens with one attached hydrogen (secondary N) is 1. The minimum Gasteiger partial charge on any atom is -0.351 e. The molecule has 20 heavy (non-hydrogen) atoms. The molecular weight excluding hydrogens is 334 g/mol. The number of carbonyl (C=O) groups excluding carboxylic acids is 1. The van der Waals surface area contributed by atoms with Gasteiger partial charge >= 0.3 is 0 Å². The van der Waals surface area contributed by atoms with Gasteiger partial charge in [0, 0.05) is 6.54 Å². The fourth-order valence-corrected chi connectivity index (χ4v) is 3.46. The summed E-state index contributed by atoms with van der Waals surface area (Å²) in [5.74, 6) is 0.470. The van der Waals surface area contributed by atoms with Crippen molar-refractivity contribution in [3.05, 3.63) is 56.2 Å². The van der Waals surface area contributed by atoms with Crippen molar-refractivity contribution < 1.29 is 4.79 Å². The Bertz CT molecular complexity index is 560. The molecule has 0 spiro atoms. The average molecular weight is 352 g/mol. The molecule has 1 amide bonds. The van der Waals surface area contributed by atoms with E-state index in [1.807, 2.05) is 19.1 Å². The first-order valence-electron chi connectivity index (χ1n) is 6.67. The van der Waals surface area contributed by atoms with E-state index in [0.29, 0.717) is 12.5 Å². The first-order chi connectivity index (χ1) is 9.58. The van der Waals surface area contributed by atoms with E-state index in [1.54, 1.807) is 0 Å². The van der Waals surface area contributed by atoms with E-state index < -0.39 is 0 Å². The molecule has 1 atom stereocenters. The Kier molecular flexibility index (Phi) is 5.38. The van der Waals surface area contributed by atoms with Crippen molar-refractivity contribution in [2.45, 2.75) is 26.2 Å². The lowest BCUT2D eigenvalue weighted by molar-refractivity contribution is 0.0956. The zero-order chi connectivity index (χ0) is 14.5. The SMILES string of the molecule is Cc1cc(C(=O)NCCC(C)c2ccccc2)sc1Br. The van der Waals surface area contributed by atoms with Crippen LogP contribution in [0.25, 0.3) is 0 Å². The van der Waals surface area contributed by atoms with Crippen molar-refractivity contribution >= 4 is 33.2 Å². The zero-order valence-electron chi connectivity index (χ0n) is 11.7. The Labute approximate surface area is 132 Å². The molecule has 0 saturated heterocycles. The number of thiophene rings is 1. The van der Waals surface area contributed by atoms with Gasteiger partial charge in [0.2, 0.25) is 0 Å². The van der Waals surface area contributed by atoms with E-state index in [2.05, 4.69) is 52.4 Å². The van der Waals surface area contributed by atoms with Gasteiger partial charge in [0.25, 0.3) is 5.91 Å². The van der Waals surface area contributed by atoms with E-state index in [4.69, 9.17) is 0 Å². The maximum absolute atomic E-state index is 12.0. The third-order valence-electron chi connectivity index (χ3n) is 3.31. The quantitative estimate of drug-likeness (QED) is 0.827. The standard InChI is InChI=1S/C16H18BrNOS/c1-11(13-6-4-3-5-7-13)8-9-18-16(19)14-10-12(2)15(17)20-14/h3-7,10-11H,8-9H2,1-2H3,(H,18,19). The molecule has 0 bridgehead atoms. The number of halogens is 1. The molecule has 1 unspecified atom stereocenters. The topological polar surface area (TPSA) is 29.1 Å². The van der Waals surface area contributed by atoms with Crippen molar-refractivity contribution in [3.8, 4) is 0 Å². The molecule has 1 N–H and O–H groups in total. The van der Waals surface area contributed by atoms with Crippen molar-refractivity contribution in [3.63, 3.8) is 0 Å². The van der Waals surface area contributed by atoms with E-state index in [-0.39, 0.29) is 5.91 Å². The van der Waals surface area contributed by atoms with Crippen molar-refractivity contribution in [1.82, 2.24) is 5.32 Å². The number of hydrogen-bond donors (Lipinski definition) is 1. The summed E-state index contributed by atoms with van der Waals surface area (Å²) < 4.78 is 1.03. The third-order valence-corrected chi connectivity index (χ3v) is 5.45. The summed E-state index contributed by atoms with van der Waals surface area (Å²) >= 11 is 4.93. The number of carbonyl (C=O) groups is 1. The van der Waals surface area contributed by atoms with Crippen LogP contribution in [0.1, 0.15) is 40.1 Å². The first-order valence-corrected chi connectivity index (χ1v) is 8.28. The highest BCUT2D eigenvalue weighted by Crippen LogP contribution is 2.27. The summed E-state index contributed by atoms with van der Waals surface area (Å²) in [7, 11) is 0. The van der Waals surface area contributed by atoms with Gasteiger partial charge in [-0.05, 0) is 52.4 Å². The number of hydrogen-bond acceptors (Lipinski definition) is 2. The number of amides is 1. The van der Waals surface area contributed by atoms with Crippen LogP contribution in [0.3, 0.4) is 0 Å². The highest BCUT2D eigenvalue weighted by molar-refractivity contribution is 9.11. The third kappa shape index (κ3) is 3.93. The molecule has 0 radical (unpaired) electrons. The Balaban J connectivity index is 1.82. The molecule has 4 heteroatoms. The molecule has 0 aliphatic carbocycles. The zero-order valence-corrected chi connectivity index (χ0v) is 14.1. The Morgan fingerprint density at radius 3 is 2.65 bits per heavy atom. The molecule has 2 rings (SSSR count). The smallest absolute Gasteiger partial charge is 0.261 e. The molecule has 2 aromatic rings. The Hall–Kier alpha value is -1.13. The van der Waals surface area contributed by atoms with Crippen LogP contribution in [0.4, 0.5) is 0 Å². The van der Waals surface area contributed by atoms with Crippen LogP contribution in [0.15, 0.2) is 40.2 Å². The van der Waals surface area contributed by atoms with Gasteiger partial charge in [-0.2, -0.15) is 0 Å². The number of benzene rings is 1. The predicted molar refractivity (Wildman–Crippen MR) is 88.6 cm³/mol. The normalized spacial score (nSPS) is 12.2. The van der Waals surface area contributed by atoms with Crippen LogP contribution in [0.2, 0.25) is 0 Å². The van der Waals surface area contributed by atoms with Gasteiger partial charge in [0.1, 0.15) is 0 Å². The fourth-order valence-electron chi connectivity index (χ4n) is 2.01. The second-order valence-electron chi connectivity index (χ2n) is 4.92. The largest absolute Gasteiger partial charge is 0.351 e. The van der Waals surface area contributed by atoms with Crippen molar-refractivity contribution in [2.24, 2.45) is 0 Å². The molecule has 0 saturated carbocycles. The second kappa shape index (κ2) is 7.04. The van der Waals surface area contributed by atoms with E-state index in [9.17, 15) is 4.79 Å². The van der Waals surface area contributed by atoms with E-state index in [0.717, 1.165) is 20.6 Å². The van der Waals surface area contributed by atoms with Crippen LogP contribution in [0, 0.1) is 6.92 Å². The average Bonchev–Trinajstić information content (AvgIpc) is 2.79. The van der Waals surface area contributed by atoms with Gasteiger partial charge < -0.3 is 5.32 Å². The van der Waals surface area contributed by atoms with E-state index in [1.165, 1.54) is 16.9 Å². The second-order valence-corrected chi connectivity index (χ2v) is 7.29. The fraction of sp³-hybridized carbons (Fsp3) is 0.312. The highest BCUT2D eigenvalue weighted by atomic mass is 79.9. The molecule has 2 nitrogen and oxygen atoms in total. The summed E-state index contributed by atoms with van der Waals surface area (Å²) in [6.07, 6.45) is 0.946. The van der Waals surface area contributed by atoms with Crippen LogP contribution in [-0.4, -0.2) is 12.5 Å². The van der Waals surface area contributed by atoms with Crippen molar-refractivity contribution in [2.75, 3.05) is 6.54 Å². The van der Waals surface area contributed by atoms with Crippen LogP contribution < -0.4 is 5.32 Å².